The van der Waals surface area contributed by atoms with Crippen LogP contribution in [0, 0.1) is 0 Å². The van der Waals surface area contributed by atoms with E-state index in [0.717, 1.165) is 0 Å². The third-order valence-corrected chi connectivity index (χ3v) is 1.27. The minimum Gasteiger partial charge on any atom is -0.293 e. The minimum absolute atomic E-state index is 0.0752. The highest BCUT2D eigenvalue weighted by Crippen LogP contribution is 2.06. The Balaban J connectivity index is 2.61. The van der Waals surface area contributed by atoms with E-state index in [9.17, 15) is 4.79 Å². The van der Waals surface area contributed by atoms with Crippen LogP contribution in [0.5, 0.6) is 0 Å². The van der Waals surface area contributed by atoms with Crippen molar-refractivity contribution in [2.24, 2.45) is 4.40 Å². The summed E-state index contributed by atoms with van der Waals surface area (Å²) >= 11 is 1.29. The summed E-state index contributed by atoms with van der Waals surface area (Å²) in [5.41, 5.74) is 0. The molecule has 0 N–H and O–H groups in total. The number of Topliss-reactive ketones (excluding diaryl/α,β-unsaturated/α-hetero) is 1. The van der Waals surface area contributed by atoms with Gasteiger partial charge in [0.15, 0.2) is 5.78 Å². The third-order valence-electron chi connectivity index (χ3n) is 0.734. The summed E-state index contributed by atoms with van der Waals surface area (Å²) < 4.78 is 3.71. The van der Waals surface area contributed by atoms with E-state index in [0.29, 0.717) is 6.42 Å². The summed E-state index contributed by atoms with van der Waals surface area (Å²) in [5, 5.41) is 1.81. The van der Waals surface area contributed by atoms with Crippen molar-refractivity contribution in [3.05, 3.63) is 11.5 Å². The Morgan fingerprint density at radius 1 is 1.75 bits per heavy atom. The molecule has 0 spiro atoms. The van der Waals surface area contributed by atoms with Gasteiger partial charge in [-0.15, -0.1) is 0 Å². The molecule has 0 aromatic heterocycles. The standard InChI is InChI=1S/C5H5NOS/c7-5-2-1-3-8-6-4-5/h1,3-4H,2H2. The first-order valence-corrected chi connectivity index (χ1v) is 3.10. The Kier molecular flexibility index (Phi) is 1.86. The van der Waals surface area contributed by atoms with Gasteiger partial charge in [-0.3, -0.25) is 4.79 Å². The Morgan fingerprint density at radius 2 is 2.62 bits per heavy atom. The SMILES string of the molecule is O=C1C=NSC=CC1. The quantitative estimate of drug-likeness (QED) is 0.457. The first-order chi connectivity index (χ1) is 3.89. The van der Waals surface area contributed by atoms with Crippen LogP contribution >= 0.6 is 11.9 Å². The molecule has 0 aromatic carbocycles. The second kappa shape index (κ2) is 2.67. The zero-order chi connectivity index (χ0) is 5.82. The van der Waals surface area contributed by atoms with Gasteiger partial charge in [0.25, 0.3) is 0 Å². The maximum atomic E-state index is 10.5. The van der Waals surface area contributed by atoms with E-state index in [2.05, 4.69) is 4.40 Å². The predicted molar refractivity (Wildman–Crippen MR) is 34.8 cm³/mol. The van der Waals surface area contributed by atoms with Crippen molar-refractivity contribution in [3.8, 4) is 0 Å². The average molecular weight is 127 g/mol. The monoisotopic (exact) mass is 127 g/mol. The molecule has 0 aromatic rings. The van der Waals surface area contributed by atoms with Gasteiger partial charge in [0.05, 0.1) is 6.21 Å². The number of ketones is 1. The van der Waals surface area contributed by atoms with Crippen LogP contribution in [0.4, 0.5) is 0 Å². The summed E-state index contributed by atoms with van der Waals surface area (Å²) in [4.78, 5) is 10.5. The van der Waals surface area contributed by atoms with Crippen molar-refractivity contribution in [1.82, 2.24) is 0 Å². The van der Waals surface area contributed by atoms with Crippen LogP contribution in [0.1, 0.15) is 6.42 Å². The molecule has 1 aliphatic heterocycles. The minimum atomic E-state index is 0.0752. The molecule has 0 saturated heterocycles. The van der Waals surface area contributed by atoms with E-state index in [1.54, 1.807) is 11.5 Å². The van der Waals surface area contributed by atoms with Crippen LogP contribution < -0.4 is 0 Å². The van der Waals surface area contributed by atoms with E-state index in [-0.39, 0.29) is 5.78 Å². The molecule has 0 unspecified atom stereocenters. The normalized spacial score (nSPS) is 18.8. The molecule has 1 rings (SSSR count). The summed E-state index contributed by atoms with van der Waals surface area (Å²) in [6.45, 7) is 0. The zero-order valence-corrected chi connectivity index (χ0v) is 5.02. The second-order valence-electron chi connectivity index (χ2n) is 1.38. The maximum Gasteiger partial charge on any atom is 0.178 e. The number of carbonyl (C=O) groups excluding carboxylic acids is 1. The van der Waals surface area contributed by atoms with Crippen molar-refractivity contribution < 1.29 is 4.79 Å². The summed E-state index contributed by atoms with van der Waals surface area (Å²) in [7, 11) is 0. The molecule has 42 valence electrons. The number of allylic oxidation sites excluding steroid dienone is 1. The molecule has 2 nitrogen and oxygen atoms in total. The van der Waals surface area contributed by atoms with Gasteiger partial charge in [-0.25, -0.2) is 4.40 Å². The Bertz CT molecular complexity index is 151. The smallest absolute Gasteiger partial charge is 0.178 e. The molecule has 0 saturated carbocycles. The lowest BCUT2D eigenvalue weighted by atomic mass is 10.3. The molecule has 1 heterocycles. The highest BCUT2D eigenvalue weighted by atomic mass is 32.2. The average Bonchev–Trinajstić information content (AvgIpc) is 1.94. The van der Waals surface area contributed by atoms with Crippen LogP contribution in [-0.4, -0.2) is 12.0 Å². The van der Waals surface area contributed by atoms with Gasteiger partial charge in [-0.05, 0) is 5.41 Å². The first kappa shape index (κ1) is 5.56. The van der Waals surface area contributed by atoms with Crippen molar-refractivity contribution in [2.45, 2.75) is 6.42 Å². The van der Waals surface area contributed by atoms with Gasteiger partial charge in [-0.2, -0.15) is 0 Å². The zero-order valence-electron chi connectivity index (χ0n) is 4.20. The number of carbonyl (C=O) groups is 1. The van der Waals surface area contributed by atoms with Crippen LogP contribution in [0.2, 0.25) is 0 Å². The van der Waals surface area contributed by atoms with Gasteiger partial charge in [0, 0.05) is 18.4 Å². The number of hydrogen-bond acceptors (Lipinski definition) is 3. The third kappa shape index (κ3) is 1.50. The molecular formula is C5H5NOS. The summed E-state index contributed by atoms with van der Waals surface area (Å²) in [6, 6.07) is 0. The molecule has 8 heavy (non-hydrogen) atoms. The topological polar surface area (TPSA) is 29.4 Å². The van der Waals surface area contributed by atoms with E-state index in [4.69, 9.17) is 0 Å². The molecule has 0 aliphatic carbocycles. The fourth-order valence-corrected chi connectivity index (χ4v) is 0.815. The number of nitrogens with zero attached hydrogens (tertiary/aromatic N) is 1. The van der Waals surface area contributed by atoms with E-state index < -0.39 is 0 Å². The lowest BCUT2D eigenvalue weighted by molar-refractivity contribution is -0.111. The predicted octanol–water partition coefficient (Wildman–Crippen LogP) is 1.19. The lowest BCUT2D eigenvalue weighted by Gasteiger charge is -1.76. The van der Waals surface area contributed by atoms with Gasteiger partial charge < -0.3 is 0 Å². The summed E-state index contributed by atoms with van der Waals surface area (Å²) in [6.07, 6.45) is 3.65. The molecule has 0 atom stereocenters. The van der Waals surface area contributed by atoms with E-state index >= 15 is 0 Å². The first-order valence-electron chi connectivity index (χ1n) is 2.26. The lowest BCUT2D eigenvalue weighted by Crippen LogP contribution is -1.93. The maximum absolute atomic E-state index is 10.5. The fourth-order valence-electron chi connectivity index (χ4n) is 0.384. The van der Waals surface area contributed by atoms with Crippen LogP contribution in [0.15, 0.2) is 15.9 Å². The van der Waals surface area contributed by atoms with E-state index in [1.807, 2.05) is 0 Å². The largest absolute Gasteiger partial charge is 0.293 e. The van der Waals surface area contributed by atoms with Gasteiger partial charge in [0.2, 0.25) is 0 Å². The molecule has 0 fully saturated rings. The molecular weight excluding hydrogens is 122 g/mol. The van der Waals surface area contributed by atoms with Crippen molar-refractivity contribution >= 4 is 23.9 Å². The summed E-state index contributed by atoms with van der Waals surface area (Å²) in [5.74, 6) is 0.0752. The van der Waals surface area contributed by atoms with Crippen LogP contribution in [0.3, 0.4) is 0 Å². The van der Waals surface area contributed by atoms with E-state index in [1.165, 1.54) is 18.2 Å². The van der Waals surface area contributed by atoms with Crippen molar-refractivity contribution in [1.29, 1.82) is 0 Å². The second-order valence-corrected chi connectivity index (χ2v) is 2.08. The molecule has 3 heteroatoms. The molecule has 1 aliphatic rings. The van der Waals surface area contributed by atoms with Crippen LogP contribution in [-0.2, 0) is 4.79 Å². The Labute approximate surface area is 51.8 Å². The fraction of sp³-hybridized carbons (Fsp3) is 0.200. The highest BCUT2D eigenvalue weighted by Gasteiger charge is 1.94. The number of rotatable bonds is 0. The van der Waals surface area contributed by atoms with Crippen LogP contribution in [0.25, 0.3) is 0 Å². The van der Waals surface area contributed by atoms with Gasteiger partial charge in [0.1, 0.15) is 0 Å². The Morgan fingerprint density at radius 3 is 3.50 bits per heavy atom. The molecule has 0 amide bonds. The van der Waals surface area contributed by atoms with Gasteiger partial charge >= 0.3 is 0 Å². The molecule has 0 radical (unpaired) electrons. The number of hydrogen-bond donors (Lipinski definition) is 0. The molecule has 0 bridgehead atoms. The van der Waals surface area contributed by atoms with Crippen molar-refractivity contribution in [2.75, 3.05) is 0 Å². The highest BCUT2D eigenvalue weighted by molar-refractivity contribution is 8.01. The Hall–Kier alpha value is -0.570. The van der Waals surface area contributed by atoms with Crippen molar-refractivity contribution in [3.63, 3.8) is 0 Å². The van der Waals surface area contributed by atoms with Gasteiger partial charge in [-0.1, -0.05) is 6.08 Å².